The molecule has 0 bridgehead atoms. The summed E-state index contributed by atoms with van der Waals surface area (Å²) in [7, 11) is 0. The van der Waals surface area contributed by atoms with E-state index in [1.807, 2.05) is 49.4 Å². The number of benzene rings is 1. The van der Waals surface area contributed by atoms with Crippen LogP contribution < -0.4 is 0 Å². The number of hydrogen-bond donors (Lipinski definition) is 0. The van der Waals surface area contributed by atoms with Crippen molar-refractivity contribution in [2.75, 3.05) is 0 Å². The molecule has 0 amide bonds. The van der Waals surface area contributed by atoms with Gasteiger partial charge in [0.15, 0.2) is 0 Å². The normalized spacial score (nSPS) is 10.4. The number of hydrogen-bond acceptors (Lipinski definition) is 0. The van der Waals surface area contributed by atoms with Crippen molar-refractivity contribution in [3.63, 3.8) is 0 Å². The van der Waals surface area contributed by atoms with Gasteiger partial charge in [-0.05, 0) is 0 Å². The zero-order valence-electron chi connectivity index (χ0n) is 7.04. The first-order valence-corrected chi connectivity index (χ1v) is 3.57. The predicted molar refractivity (Wildman–Crippen MR) is 46.8 cm³/mol. The van der Waals surface area contributed by atoms with Crippen LogP contribution in [0.1, 0.15) is 12.5 Å². The van der Waals surface area contributed by atoms with E-state index in [1.165, 1.54) is 0 Å². The summed E-state index contributed by atoms with van der Waals surface area (Å²) in [6.07, 6.45) is 9.69. The molecule has 0 saturated carbocycles. The Morgan fingerprint density at radius 3 is 2.33 bits per heavy atom. The summed E-state index contributed by atoms with van der Waals surface area (Å²) in [6.45, 7) is 1.86. The molecule has 0 atom stereocenters. The fourth-order valence-corrected chi connectivity index (χ4v) is 0.756. The Hall–Kier alpha value is -0.248. The van der Waals surface area contributed by atoms with Gasteiger partial charge in [0.05, 0.1) is 0 Å². The molecule has 0 fully saturated rings. The molecule has 0 N–H and O–H groups in total. The Morgan fingerprint density at radius 1 is 1.08 bits per heavy atom. The van der Waals surface area contributed by atoms with E-state index in [1.54, 1.807) is 0 Å². The summed E-state index contributed by atoms with van der Waals surface area (Å²) in [5.41, 5.74) is 1.10. The molecule has 1 heteroatoms. The summed E-state index contributed by atoms with van der Waals surface area (Å²) in [5, 5.41) is 0. The summed E-state index contributed by atoms with van der Waals surface area (Å²) in [5.74, 6) is 0. The molecule has 0 unspecified atom stereocenters. The van der Waals surface area contributed by atoms with Crippen LogP contribution in [0.3, 0.4) is 0 Å². The quantitative estimate of drug-likeness (QED) is 0.547. The Labute approximate surface area is 97.8 Å². The van der Waals surface area contributed by atoms with Crippen molar-refractivity contribution in [1.29, 1.82) is 0 Å². The molecule has 1 rings (SSSR count). The van der Waals surface area contributed by atoms with Gasteiger partial charge in [-0.2, -0.15) is 5.56 Å². The third-order valence-electron chi connectivity index (χ3n) is 1.27. The maximum absolute atomic E-state index is 3.10. The molecule has 0 saturated heterocycles. The molecule has 0 spiro atoms. The van der Waals surface area contributed by atoms with Gasteiger partial charge in [-0.3, -0.25) is 6.08 Å². The Balaban J connectivity index is 0.00000121. The molecule has 12 heavy (non-hydrogen) atoms. The van der Waals surface area contributed by atoms with Gasteiger partial charge in [0.2, 0.25) is 0 Å². The van der Waals surface area contributed by atoms with Crippen molar-refractivity contribution in [2.45, 2.75) is 6.92 Å². The fraction of sp³-hybridized carbons (Fsp3) is 0.0909. The predicted octanol–water partition coefficient (Wildman–Crippen LogP) is 2.77. The number of rotatable bonds is 2. The minimum absolute atomic E-state index is 0. The van der Waals surface area contributed by atoms with E-state index in [9.17, 15) is 0 Å². The Bertz CT molecular complexity index is 247. The van der Waals surface area contributed by atoms with Crippen molar-refractivity contribution in [1.82, 2.24) is 0 Å². The zero-order valence-corrected chi connectivity index (χ0v) is 11.2. The third kappa shape index (κ3) is 4.59. The molecule has 58 valence electrons. The van der Waals surface area contributed by atoms with Crippen LogP contribution in [0.15, 0.2) is 42.5 Å². The minimum Gasteiger partial charge on any atom is -0.330 e. The van der Waals surface area contributed by atoms with E-state index >= 15 is 0 Å². The topological polar surface area (TPSA) is 0 Å². The van der Waals surface area contributed by atoms with Crippen molar-refractivity contribution in [3.05, 3.63) is 60.2 Å². The van der Waals surface area contributed by atoms with Crippen LogP contribution >= 0.6 is 0 Å². The first-order valence-electron chi connectivity index (χ1n) is 3.57. The smallest absolute Gasteiger partial charge is 0.330 e. The minimum atomic E-state index is 0. The van der Waals surface area contributed by atoms with Crippen LogP contribution in [0, 0.1) is 43.3 Å². The van der Waals surface area contributed by atoms with Gasteiger partial charge in [-0.25, -0.2) is 6.08 Å². The van der Waals surface area contributed by atoms with Gasteiger partial charge in [-0.1, -0.05) is 6.07 Å². The second-order valence-corrected chi connectivity index (χ2v) is 2.13. The van der Waals surface area contributed by atoms with E-state index in [0.29, 0.717) is 0 Å². The van der Waals surface area contributed by atoms with Gasteiger partial charge in [0.1, 0.15) is 0 Å². The maximum Gasteiger partial charge on any atom is 2.00 e. The number of allylic oxidation sites excluding steroid dienone is 3. The van der Waals surface area contributed by atoms with Crippen molar-refractivity contribution in [2.24, 2.45) is 0 Å². The SMILES string of the molecule is C[C-]=CC=[C-]c1ccccc1.[U+2]. The maximum atomic E-state index is 3.10. The molecule has 0 aliphatic rings. The van der Waals surface area contributed by atoms with Crippen LogP contribution in [0.5, 0.6) is 0 Å². The average molecular weight is 380 g/mol. The van der Waals surface area contributed by atoms with E-state index in [4.69, 9.17) is 0 Å². The first kappa shape index (κ1) is 11.8. The molecule has 0 aromatic heterocycles. The van der Waals surface area contributed by atoms with E-state index in [2.05, 4.69) is 12.2 Å². The second kappa shape index (κ2) is 7.40. The second-order valence-electron chi connectivity index (χ2n) is 2.13. The van der Waals surface area contributed by atoms with Crippen molar-refractivity contribution >= 4 is 0 Å². The average Bonchev–Trinajstić information content (AvgIpc) is 2.07. The molecule has 0 aliphatic carbocycles. The van der Waals surface area contributed by atoms with Crippen LogP contribution in [0.2, 0.25) is 0 Å². The molecule has 0 radical (unpaired) electrons. The van der Waals surface area contributed by atoms with Crippen LogP contribution in [0.4, 0.5) is 0 Å². The first-order chi connectivity index (χ1) is 5.43. The summed E-state index contributed by atoms with van der Waals surface area (Å²) in [4.78, 5) is 0. The molecular weight excluding hydrogens is 370 g/mol. The van der Waals surface area contributed by atoms with Gasteiger partial charge < -0.3 is 12.2 Å². The molecule has 0 aliphatic heterocycles. The van der Waals surface area contributed by atoms with Crippen LogP contribution in [-0.2, 0) is 0 Å². The largest absolute Gasteiger partial charge is 2.00 e. The van der Waals surface area contributed by atoms with Crippen LogP contribution in [0.25, 0.3) is 0 Å². The van der Waals surface area contributed by atoms with Gasteiger partial charge >= 0.3 is 31.1 Å². The van der Waals surface area contributed by atoms with E-state index in [0.717, 1.165) is 5.56 Å². The standard InChI is InChI=1S/C11H10.U/c1-2-3-5-8-11-9-6-4-7-10-11;/h3-7,9-10H,1H3;/q-2;+2. The molecule has 1 aromatic rings. The Kier molecular flexibility index (Phi) is 7.25. The molecule has 1 aromatic carbocycles. The van der Waals surface area contributed by atoms with Gasteiger partial charge in [0.25, 0.3) is 0 Å². The molecular formula is C11H10U. The summed E-state index contributed by atoms with van der Waals surface area (Å²) < 4.78 is 0. The fourth-order valence-electron chi connectivity index (χ4n) is 0.756. The zero-order chi connectivity index (χ0) is 7.94. The van der Waals surface area contributed by atoms with Crippen molar-refractivity contribution in [3.8, 4) is 0 Å². The molecule has 0 nitrogen and oxygen atoms in total. The third-order valence-corrected chi connectivity index (χ3v) is 1.27. The summed E-state index contributed by atoms with van der Waals surface area (Å²) in [6, 6.07) is 10.0. The summed E-state index contributed by atoms with van der Waals surface area (Å²) >= 11 is 0. The monoisotopic (exact) mass is 380 g/mol. The van der Waals surface area contributed by atoms with Gasteiger partial charge in [0, 0.05) is 0 Å². The van der Waals surface area contributed by atoms with E-state index < -0.39 is 0 Å². The molecule has 0 heterocycles. The van der Waals surface area contributed by atoms with Crippen molar-refractivity contribution < 1.29 is 31.1 Å². The van der Waals surface area contributed by atoms with Gasteiger partial charge in [-0.15, -0.1) is 31.2 Å². The van der Waals surface area contributed by atoms with E-state index in [-0.39, 0.29) is 31.1 Å². The van der Waals surface area contributed by atoms with Crippen LogP contribution in [-0.4, -0.2) is 0 Å². The Morgan fingerprint density at radius 2 is 1.75 bits per heavy atom.